The van der Waals surface area contributed by atoms with Crippen LogP contribution >= 0.6 is 0 Å². The largest absolute Gasteiger partial charge is 0.444 e. The molecule has 22 heavy (non-hydrogen) atoms. The van der Waals surface area contributed by atoms with Gasteiger partial charge < -0.3 is 9.47 Å². The molecule has 2 rings (SSSR count). The highest BCUT2D eigenvalue weighted by molar-refractivity contribution is 5.70. The Bertz CT molecular complexity index is 511. The van der Waals surface area contributed by atoms with Crippen molar-refractivity contribution in [3.63, 3.8) is 0 Å². The zero-order valence-electron chi connectivity index (χ0n) is 13.7. The van der Waals surface area contributed by atoms with Crippen molar-refractivity contribution in [1.29, 1.82) is 0 Å². The third-order valence-electron chi connectivity index (χ3n) is 3.46. The maximum absolute atomic E-state index is 13.4. The Kier molecular flexibility index (Phi) is 4.47. The molecule has 0 bridgehead atoms. The standard InChI is InChI=1S/C15H24FN3O3/c1-14(2,3)22-13(20)19-11(10-18-8-6-7-17-18)12(9-16)21-15(19,4)5/h6-8,11-12H,9-10H2,1-5H3/t11-,12-/m1/s1. The molecule has 1 amide bonds. The summed E-state index contributed by atoms with van der Waals surface area (Å²) in [5.41, 5.74) is -1.56. The predicted molar refractivity (Wildman–Crippen MR) is 79.0 cm³/mol. The van der Waals surface area contributed by atoms with Gasteiger partial charge in [-0.1, -0.05) is 0 Å². The molecule has 7 heteroatoms. The second-order valence-electron chi connectivity index (χ2n) is 6.90. The van der Waals surface area contributed by atoms with Crippen LogP contribution in [0.2, 0.25) is 0 Å². The molecule has 1 aliphatic rings. The number of alkyl halides is 1. The summed E-state index contributed by atoms with van der Waals surface area (Å²) in [4.78, 5) is 14.0. The minimum Gasteiger partial charge on any atom is -0.444 e. The molecule has 1 fully saturated rings. The van der Waals surface area contributed by atoms with Crippen molar-refractivity contribution in [2.24, 2.45) is 0 Å². The van der Waals surface area contributed by atoms with E-state index >= 15 is 0 Å². The number of nitrogens with zero attached hydrogens (tertiary/aromatic N) is 3. The highest BCUT2D eigenvalue weighted by Crippen LogP contribution is 2.34. The molecule has 1 saturated heterocycles. The second kappa shape index (κ2) is 5.87. The SMILES string of the molecule is CC(C)(C)OC(=O)N1[C@H](Cn2cccn2)[C@@H](CF)OC1(C)C. The van der Waals surface area contributed by atoms with Crippen LogP contribution in [0.1, 0.15) is 34.6 Å². The van der Waals surface area contributed by atoms with Crippen LogP contribution in [0.15, 0.2) is 18.5 Å². The fraction of sp³-hybridized carbons (Fsp3) is 0.733. The van der Waals surface area contributed by atoms with Gasteiger partial charge in [-0.25, -0.2) is 9.18 Å². The van der Waals surface area contributed by atoms with Crippen molar-refractivity contribution in [1.82, 2.24) is 14.7 Å². The highest BCUT2D eigenvalue weighted by atomic mass is 19.1. The van der Waals surface area contributed by atoms with Crippen molar-refractivity contribution in [2.75, 3.05) is 6.67 Å². The molecular weight excluding hydrogens is 289 g/mol. The summed E-state index contributed by atoms with van der Waals surface area (Å²) in [6, 6.07) is 1.30. The molecule has 1 aromatic rings. The Hall–Kier alpha value is -1.63. The zero-order valence-corrected chi connectivity index (χ0v) is 13.7. The van der Waals surface area contributed by atoms with Gasteiger partial charge in [0.25, 0.3) is 0 Å². The molecule has 1 aromatic heterocycles. The van der Waals surface area contributed by atoms with E-state index in [2.05, 4.69) is 5.10 Å². The van der Waals surface area contributed by atoms with Gasteiger partial charge in [-0.2, -0.15) is 5.10 Å². The summed E-state index contributed by atoms with van der Waals surface area (Å²) in [6.07, 6.45) is 2.20. The Labute approximate surface area is 130 Å². The van der Waals surface area contributed by atoms with E-state index in [0.717, 1.165) is 0 Å². The Morgan fingerprint density at radius 2 is 2.14 bits per heavy atom. The van der Waals surface area contributed by atoms with E-state index < -0.39 is 36.2 Å². The first-order valence-corrected chi connectivity index (χ1v) is 7.37. The summed E-state index contributed by atoms with van der Waals surface area (Å²) in [5, 5.41) is 4.12. The first-order valence-electron chi connectivity index (χ1n) is 7.37. The van der Waals surface area contributed by atoms with Crippen LogP contribution in [0.3, 0.4) is 0 Å². The van der Waals surface area contributed by atoms with Crippen LogP contribution in [0, 0.1) is 0 Å². The monoisotopic (exact) mass is 313 g/mol. The minimum atomic E-state index is -0.934. The van der Waals surface area contributed by atoms with Crippen LogP contribution in [0.25, 0.3) is 0 Å². The van der Waals surface area contributed by atoms with E-state index in [4.69, 9.17) is 9.47 Å². The van der Waals surface area contributed by atoms with Gasteiger partial charge in [-0.15, -0.1) is 0 Å². The quantitative estimate of drug-likeness (QED) is 0.860. The van der Waals surface area contributed by atoms with E-state index in [1.165, 1.54) is 4.90 Å². The average molecular weight is 313 g/mol. The molecule has 0 aliphatic carbocycles. The number of carbonyl (C=O) groups excluding carboxylic acids is 1. The molecule has 0 radical (unpaired) electrons. The molecule has 6 nitrogen and oxygen atoms in total. The highest BCUT2D eigenvalue weighted by Gasteiger charge is 2.51. The first kappa shape index (κ1) is 16.7. The first-order chi connectivity index (χ1) is 10.1. The van der Waals surface area contributed by atoms with Gasteiger partial charge >= 0.3 is 6.09 Å². The van der Waals surface area contributed by atoms with Crippen molar-refractivity contribution in [3.05, 3.63) is 18.5 Å². The van der Waals surface area contributed by atoms with Gasteiger partial charge in [0.1, 0.15) is 24.1 Å². The van der Waals surface area contributed by atoms with Crippen LogP contribution in [-0.2, 0) is 16.0 Å². The average Bonchev–Trinajstić information content (AvgIpc) is 2.93. The lowest BCUT2D eigenvalue weighted by Crippen LogP contribution is -2.51. The molecule has 0 aromatic carbocycles. The molecule has 0 unspecified atom stereocenters. The molecule has 2 atom stereocenters. The lowest BCUT2D eigenvalue weighted by Gasteiger charge is -2.35. The van der Waals surface area contributed by atoms with Crippen LogP contribution in [0.4, 0.5) is 9.18 Å². The van der Waals surface area contributed by atoms with Gasteiger partial charge in [-0.05, 0) is 40.7 Å². The van der Waals surface area contributed by atoms with E-state index in [1.54, 1.807) is 57.8 Å². The van der Waals surface area contributed by atoms with Gasteiger partial charge in [0, 0.05) is 12.4 Å². The lowest BCUT2D eigenvalue weighted by atomic mass is 10.1. The number of ether oxygens (including phenoxy) is 2. The maximum atomic E-state index is 13.4. The van der Waals surface area contributed by atoms with Crippen LogP contribution in [0.5, 0.6) is 0 Å². The molecule has 0 saturated carbocycles. The van der Waals surface area contributed by atoms with Gasteiger partial charge in [0.05, 0.1) is 12.6 Å². The Morgan fingerprint density at radius 3 is 2.64 bits per heavy atom. The summed E-state index contributed by atoms with van der Waals surface area (Å²) >= 11 is 0. The number of amides is 1. The van der Waals surface area contributed by atoms with E-state index in [-0.39, 0.29) is 0 Å². The van der Waals surface area contributed by atoms with Crippen molar-refractivity contribution < 1.29 is 18.7 Å². The number of halogens is 1. The molecule has 124 valence electrons. The molecule has 0 N–H and O–H groups in total. The molecule has 0 spiro atoms. The minimum absolute atomic E-state index is 0.351. The third-order valence-corrected chi connectivity index (χ3v) is 3.46. The molecule has 2 heterocycles. The molecule has 1 aliphatic heterocycles. The number of hydrogen-bond donors (Lipinski definition) is 0. The molecular formula is C15H24FN3O3. The Morgan fingerprint density at radius 1 is 1.45 bits per heavy atom. The summed E-state index contributed by atoms with van der Waals surface area (Å²) in [7, 11) is 0. The van der Waals surface area contributed by atoms with Crippen molar-refractivity contribution >= 4 is 6.09 Å². The number of aromatic nitrogens is 2. The normalized spacial score (nSPS) is 24.5. The Balaban J connectivity index is 2.26. The summed E-state index contributed by atoms with van der Waals surface area (Å²) in [6.45, 7) is 8.54. The maximum Gasteiger partial charge on any atom is 0.412 e. The number of hydrogen-bond acceptors (Lipinski definition) is 4. The fourth-order valence-electron chi connectivity index (χ4n) is 2.67. The second-order valence-corrected chi connectivity index (χ2v) is 6.90. The topological polar surface area (TPSA) is 56.6 Å². The van der Waals surface area contributed by atoms with Gasteiger partial charge in [-0.3, -0.25) is 9.58 Å². The van der Waals surface area contributed by atoms with Gasteiger partial charge in [0.2, 0.25) is 0 Å². The van der Waals surface area contributed by atoms with Crippen molar-refractivity contribution in [2.45, 2.75) is 64.6 Å². The number of rotatable bonds is 3. The third kappa shape index (κ3) is 3.58. The zero-order chi connectivity index (χ0) is 16.5. The predicted octanol–water partition coefficient (Wildman–Crippen LogP) is 2.59. The fourth-order valence-corrected chi connectivity index (χ4v) is 2.67. The van der Waals surface area contributed by atoms with Crippen LogP contribution in [-0.4, -0.2) is 50.9 Å². The lowest BCUT2D eigenvalue weighted by molar-refractivity contribution is -0.0818. The summed E-state index contributed by atoms with van der Waals surface area (Å²) < 4.78 is 26.2. The summed E-state index contributed by atoms with van der Waals surface area (Å²) in [5.74, 6) is 0. The number of carbonyl (C=O) groups is 1. The smallest absolute Gasteiger partial charge is 0.412 e. The van der Waals surface area contributed by atoms with Gasteiger partial charge in [0.15, 0.2) is 0 Å². The van der Waals surface area contributed by atoms with Crippen molar-refractivity contribution in [3.8, 4) is 0 Å². The van der Waals surface area contributed by atoms with E-state index in [0.29, 0.717) is 6.54 Å². The van der Waals surface area contributed by atoms with Crippen LogP contribution < -0.4 is 0 Å². The van der Waals surface area contributed by atoms with E-state index in [9.17, 15) is 9.18 Å². The van der Waals surface area contributed by atoms with E-state index in [1.807, 2.05) is 0 Å².